The molecule has 0 spiro atoms. The van der Waals surface area contributed by atoms with Gasteiger partial charge in [-0.1, -0.05) is 39.0 Å². The second kappa shape index (κ2) is 9.78. The van der Waals surface area contributed by atoms with Gasteiger partial charge in [-0.05, 0) is 55.9 Å². The van der Waals surface area contributed by atoms with E-state index < -0.39 is 0 Å². The second-order valence-electron chi connectivity index (χ2n) is 8.30. The van der Waals surface area contributed by atoms with Crippen LogP contribution in [0.1, 0.15) is 70.3 Å². The standard InChI is InChI=1S/C23H33N3O/c1-2-5-20(16-18-6-3-4-7-18)23(27)25-21-12-14-26(15-13-21)22-10-8-19(17-24)9-11-22/h8-11,18,20-21H,2-7,12-16H2,1H3,(H,25,27). The van der Waals surface area contributed by atoms with Crippen molar-refractivity contribution in [3.63, 3.8) is 0 Å². The van der Waals surface area contributed by atoms with Gasteiger partial charge in [-0.2, -0.15) is 5.26 Å². The molecular formula is C23H33N3O. The Morgan fingerprint density at radius 1 is 1.19 bits per heavy atom. The Morgan fingerprint density at radius 3 is 2.44 bits per heavy atom. The molecule has 3 rings (SSSR count). The van der Waals surface area contributed by atoms with Gasteiger partial charge in [0.05, 0.1) is 11.6 Å². The smallest absolute Gasteiger partial charge is 0.223 e. The molecule has 1 aliphatic carbocycles. The first kappa shape index (κ1) is 19.7. The Morgan fingerprint density at radius 2 is 1.85 bits per heavy atom. The predicted molar refractivity (Wildman–Crippen MR) is 110 cm³/mol. The maximum atomic E-state index is 12.9. The summed E-state index contributed by atoms with van der Waals surface area (Å²) in [5, 5.41) is 12.3. The molecule has 1 amide bonds. The highest BCUT2D eigenvalue weighted by molar-refractivity contribution is 5.79. The number of hydrogen-bond acceptors (Lipinski definition) is 3. The predicted octanol–water partition coefficient (Wildman–Crippen LogP) is 4.64. The Balaban J connectivity index is 1.47. The summed E-state index contributed by atoms with van der Waals surface area (Å²) < 4.78 is 0. The van der Waals surface area contributed by atoms with Crippen LogP contribution < -0.4 is 10.2 Å². The Bertz CT molecular complexity index is 635. The first-order chi connectivity index (χ1) is 13.2. The monoisotopic (exact) mass is 367 g/mol. The van der Waals surface area contributed by atoms with Gasteiger partial charge >= 0.3 is 0 Å². The Labute approximate surface area is 163 Å². The number of nitrogens with zero attached hydrogens (tertiary/aromatic N) is 2. The zero-order valence-corrected chi connectivity index (χ0v) is 16.6. The van der Waals surface area contributed by atoms with Gasteiger partial charge in [-0.15, -0.1) is 0 Å². The molecule has 2 aliphatic rings. The third kappa shape index (κ3) is 5.48. The van der Waals surface area contributed by atoms with E-state index in [1.54, 1.807) is 0 Å². The van der Waals surface area contributed by atoms with Gasteiger partial charge < -0.3 is 10.2 Å². The molecule has 0 bridgehead atoms. The molecule has 4 heteroatoms. The van der Waals surface area contributed by atoms with Crippen LogP contribution in [-0.4, -0.2) is 25.0 Å². The van der Waals surface area contributed by atoms with Crippen molar-refractivity contribution in [3.05, 3.63) is 29.8 Å². The Hall–Kier alpha value is -2.02. The van der Waals surface area contributed by atoms with Gasteiger partial charge in [0.1, 0.15) is 0 Å². The van der Waals surface area contributed by atoms with Crippen LogP contribution in [0.25, 0.3) is 0 Å². The van der Waals surface area contributed by atoms with Crippen LogP contribution in [0, 0.1) is 23.2 Å². The van der Waals surface area contributed by atoms with Gasteiger partial charge in [0, 0.05) is 30.7 Å². The maximum Gasteiger partial charge on any atom is 0.223 e. The molecule has 1 saturated carbocycles. The highest BCUT2D eigenvalue weighted by Gasteiger charge is 2.27. The summed E-state index contributed by atoms with van der Waals surface area (Å²) in [5.74, 6) is 1.26. The zero-order valence-electron chi connectivity index (χ0n) is 16.6. The summed E-state index contributed by atoms with van der Waals surface area (Å²) in [4.78, 5) is 15.2. The highest BCUT2D eigenvalue weighted by atomic mass is 16.1. The van der Waals surface area contributed by atoms with Crippen molar-refractivity contribution in [2.75, 3.05) is 18.0 Å². The number of nitriles is 1. The number of carbonyl (C=O) groups is 1. The van der Waals surface area contributed by atoms with E-state index in [4.69, 9.17) is 5.26 Å². The number of anilines is 1. The number of piperidine rings is 1. The van der Waals surface area contributed by atoms with Crippen LogP contribution in [0.15, 0.2) is 24.3 Å². The third-order valence-electron chi connectivity index (χ3n) is 6.30. The third-order valence-corrected chi connectivity index (χ3v) is 6.30. The summed E-state index contributed by atoms with van der Waals surface area (Å²) in [6.07, 6.45) is 10.5. The van der Waals surface area contributed by atoms with E-state index in [1.807, 2.05) is 24.3 Å². The minimum absolute atomic E-state index is 0.203. The zero-order chi connectivity index (χ0) is 19.1. The fraction of sp³-hybridized carbons (Fsp3) is 0.652. The lowest BCUT2D eigenvalue weighted by atomic mass is 9.89. The normalized spacial score (nSPS) is 19.6. The van der Waals surface area contributed by atoms with Gasteiger partial charge in [0.25, 0.3) is 0 Å². The minimum Gasteiger partial charge on any atom is -0.371 e. The lowest BCUT2D eigenvalue weighted by molar-refractivity contribution is -0.126. The van der Waals surface area contributed by atoms with Crippen molar-refractivity contribution >= 4 is 11.6 Å². The quantitative estimate of drug-likeness (QED) is 0.764. The van der Waals surface area contributed by atoms with E-state index >= 15 is 0 Å². The summed E-state index contributed by atoms with van der Waals surface area (Å²) >= 11 is 0. The second-order valence-corrected chi connectivity index (χ2v) is 8.30. The average molecular weight is 368 g/mol. The molecule has 1 saturated heterocycles. The van der Waals surface area contributed by atoms with Crippen LogP contribution in [0.3, 0.4) is 0 Å². The van der Waals surface area contributed by atoms with Crippen LogP contribution in [-0.2, 0) is 4.79 Å². The topological polar surface area (TPSA) is 56.1 Å². The summed E-state index contributed by atoms with van der Waals surface area (Å²) in [6.45, 7) is 4.10. The lowest BCUT2D eigenvalue weighted by Gasteiger charge is -2.34. The number of hydrogen-bond donors (Lipinski definition) is 1. The first-order valence-corrected chi connectivity index (χ1v) is 10.7. The Kier molecular flexibility index (Phi) is 7.15. The van der Waals surface area contributed by atoms with E-state index in [9.17, 15) is 4.79 Å². The van der Waals surface area contributed by atoms with Gasteiger partial charge in [-0.3, -0.25) is 4.79 Å². The average Bonchev–Trinajstić information content (AvgIpc) is 3.21. The van der Waals surface area contributed by atoms with E-state index in [-0.39, 0.29) is 5.92 Å². The molecule has 146 valence electrons. The molecule has 1 heterocycles. The number of rotatable bonds is 7. The van der Waals surface area contributed by atoms with Crippen molar-refractivity contribution in [3.8, 4) is 6.07 Å². The van der Waals surface area contributed by atoms with E-state index in [0.717, 1.165) is 51.1 Å². The van der Waals surface area contributed by atoms with Gasteiger partial charge in [0.2, 0.25) is 5.91 Å². The minimum atomic E-state index is 0.203. The largest absolute Gasteiger partial charge is 0.371 e. The number of carbonyl (C=O) groups excluding carboxylic acids is 1. The molecule has 1 atom stereocenters. The van der Waals surface area contributed by atoms with Crippen molar-refractivity contribution in [2.24, 2.45) is 11.8 Å². The molecule has 1 aliphatic heterocycles. The SMILES string of the molecule is CCCC(CC1CCCC1)C(=O)NC1CCN(c2ccc(C#N)cc2)CC1. The summed E-state index contributed by atoms with van der Waals surface area (Å²) in [7, 11) is 0. The molecule has 27 heavy (non-hydrogen) atoms. The molecule has 2 fully saturated rings. The highest BCUT2D eigenvalue weighted by Crippen LogP contribution is 2.32. The van der Waals surface area contributed by atoms with Crippen LogP contribution in [0.5, 0.6) is 0 Å². The van der Waals surface area contributed by atoms with Gasteiger partial charge in [0.15, 0.2) is 0 Å². The summed E-state index contributed by atoms with van der Waals surface area (Å²) in [6, 6.07) is 10.3. The molecule has 0 aromatic heterocycles. The molecule has 1 unspecified atom stereocenters. The lowest BCUT2D eigenvalue weighted by Crippen LogP contribution is -2.46. The van der Waals surface area contributed by atoms with Crippen LogP contribution in [0.4, 0.5) is 5.69 Å². The van der Waals surface area contributed by atoms with Gasteiger partial charge in [-0.25, -0.2) is 0 Å². The van der Waals surface area contributed by atoms with Crippen molar-refractivity contribution < 1.29 is 4.79 Å². The van der Waals surface area contributed by atoms with Crippen molar-refractivity contribution in [1.29, 1.82) is 5.26 Å². The van der Waals surface area contributed by atoms with E-state index in [1.165, 1.54) is 31.4 Å². The molecule has 1 aromatic carbocycles. The van der Waals surface area contributed by atoms with Crippen LogP contribution >= 0.6 is 0 Å². The molecule has 4 nitrogen and oxygen atoms in total. The number of amides is 1. The summed E-state index contributed by atoms with van der Waals surface area (Å²) in [5.41, 5.74) is 1.87. The van der Waals surface area contributed by atoms with E-state index in [0.29, 0.717) is 17.5 Å². The number of benzene rings is 1. The molecule has 1 N–H and O–H groups in total. The number of nitrogens with one attached hydrogen (secondary N) is 1. The maximum absolute atomic E-state index is 12.9. The molecule has 0 radical (unpaired) electrons. The molecular weight excluding hydrogens is 334 g/mol. The fourth-order valence-electron chi connectivity index (χ4n) is 4.70. The van der Waals surface area contributed by atoms with Crippen molar-refractivity contribution in [2.45, 2.75) is 70.8 Å². The van der Waals surface area contributed by atoms with Crippen LogP contribution in [0.2, 0.25) is 0 Å². The molecule has 1 aromatic rings. The van der Waals surface area contributed by atoms with Crippen molar-refractivity contribution in [1.82, 2.24) is 5.32 Å². The first-order valence-electron chi connectivity index (χ1n) is 10.7. The van der Waals surface area contributed by atoms with E-state index in [2.05, 4.69) is 23.2 Å². The fourth-order valence-corrected chi connectivity index (χ4v) is 4.70.